The maximum absolute atomic E-state index is 5.11. The Labute approximate surface area is 246 Å². The molecular weight excluding hydrogens is 524 g/mol. The molecule has 4 nitrogen and oxygen atoms in total. The number of para-hydroxylation sites is 1. The molecule has 3 heterocycles. The molecular formula is C39H22N4. The Morgan fingerprint density at radius 1 is 0.349 bits per heavy atom. The van der Waals surface area contributed by atoms with E-state index in [1.165, 1.54) is 54.1 Å². The minimum absolute atomic E-state index is 0.665. The second-order valence-corrected chi connectivity index (χ2v) is 11.2. The van der Waals surface area contributed by atoms with Gasteiger partial charge in [-0.1, -0.05) is 121 Å². The molecule has 0 aliphatic rings. The molecule has 0 fully saturated rings. The summed E-state index contributed by atoms with van der Waals surface area (Å²) in [5.41, 5.74) is 6.52. The molecule has 0 unspecified atom stereocenters. The molecule has 7 aromatic carbocycles. The number of benzene rings is 7. The monoisotopic (exact) mass is 546 g/mol. The molecule has 0 atom stereocenters. The fourth-order valence-electron chi connectivity index (χ4n) is 7.15. The molecule has 0 saturated heterocycles. The topological polar surface area (TPSA) is 43.1 Å². The van der Waals surface area contributed by atoms with Crippen molar-refractivity contribution in [2.45, 2.75) is 0 Å². The first-order valence-electron chi connectivity index (χ1n) is 14.6. The molecule has 0 amide bonds. The van der Waals surface area contributed by atoms with Gasteiger partial charge in [0.1, 0.15) is 0 Å². The van der Waals surface area contributed by atoms with Crippen molar-refractivity contribution in [3.8, 4) is 34.2 Å². The van der Waals surface area contributed by atoms with Crippen LogP contribution in [0.1, 0.15) is 0 Å². The standard InChI is InChI=1S/C39H22N4/c1-3-11-23(12-4-1)37-40-38(24-13-5-2-6-14-24)42-39(41-37)31-19-9-18-29-30-22-21-28-26-16-8-7-15-25(26)27-17-10-20-32-33(27)34(28)36(30)43(32)35(29)31/h1-22H. The lowest BCUT2D eigenvalue weighted by Crippen LogP contribution is -2.00. The Balaban J connectivity index is 1.37. The molecule has 43 heavy (non-hydrogen) atoms. The van der Waals surface area contributed by atoms with Gasteiger partial charge in [-0.05, 0) is 33.7 Å². The first kappa shape index (κ1) is 22.8. The van der Waals surface area contributed by atoms with Gasteiger partial charge in [0, 0.05) is 38.2 Å². The van der Waals surface area contributed by atoms with Gasteiger partial charge in [0.15, 0.2) is 17.5 Å². The van der Waals surface area contributed by atoms with Crippen molar-refractivity contribution in [2.24, 2.45) is 0 Å². The van der Waals surface area contributed by atoms with Crippen LogP contribution in [-0.4, -0.2) is 19.4 Å². The number of nitrogens with zero attached hydrogens (tertiary/aromatic N) is 4. The van der Waals surface area contributed by atoms with Gasteiger partial charge < -0.3 is 4.40 Å². The highest BCUT2D eigenvalue weighted by Gasteiger charge is 2.25. The van der Waals surface area contributed by atoms with Crippen molar-refractivity contribution in [1.82, 2.24) is 19.4 Å². The minimum atomic E-state index is 0.665. The maximum atomic E-state index is 5.11. The van der Waals surface area contributed by atoms with E-state index in [2.05, 4.69) is 101 Å². The third-order valence-corrected chi connectivity index (χ3v) is 8.93. The highest BCUT2D eigenvalue weighted by Crippen LogP contribution is 2.48. The van der Waals surface area contributed by atoms with Crippen molar-refractivity contribution >= 4 is 59.6 Å². The van der Waals surface area contributed by atoms with Crippen molar-refractivity contribution < 1.29 is 0 Å². The predicted molar refractivity (Wildman–Crippen MR) is 177 cm³/mol. The van der Waals surface area contributed by atoms with E-state index in [-0.39, 0.29) is 0 Å². The van der Waals surface area contributed by atoms with Crippen molar-refractivity contribution in [3.05, 3.63) is 133 Å². The van der Waals surface area contributed by atoms with Crippen LogP contribution in [0.15, 0.2) is 133 Å². The van der Waals surface area contributed by atoms with Crippen LogP contribution < -0.4 is 0 Å². The van der Waals surface area contributed by atoms with E-state index in [9.17, 15) is 0 Å². The average molecular weight is 547 g/mol. The summed E-state index contributed by atoms with van der Waals surface area (Å²) in [4.78, 5) is 15.2. The highest BCUT2D eigenvalue weighted by molar-refractivity contribution is 6.39. The first-order valence-corrected chi connectivity index (χ1v) is 14.6. The summed E-state index contributed by atoms with van der Waals surface area (Å²) in [5, 5.41) is 10.3. The number of hydrogen-bond donors (Lipinski definition) is 0. The fraction of sp³-hybridized carbons (Fsp3) is 0. The van der Waals surface area contributed by atoms with Gasteiger partial charge in [0.05, 0.1) is 16.6 Å². The van der Waals surface area contributed by atoms with Gasteiger partial charge in [-0.3, -0.25) is 0 Å². The molecule has 0 saturated carbocycles. The Bertz CT molecular complexity index is 2600. The van der Waals surface area contributed by atoms with Crippen LogP contribution in [0.25, 0.3) is 93.8 Å². The predicted octanol–water partition coefficient (Wildman–Crippen LogP) is 9.77. The van der Waals surface area contributed by atoms with Gasteiger partial charge in [-0.2, -0.15) is 0 Å². The van der Waals surface area contributed by atoms with Crippen LogP contribution in [0.2, 0.25) is 0 Å². The molecule has 10 rings (SSSR count). The molecule has 0 aliphatic heterocycles. The lowest BCUT2D eigenvalue weighted by molar-refractivity contribution is 1.07. The lowest BCUT2D eigenvalue weighted by Gasteiger charge is -2.10. The van der Waals surface area contributed by atoms with Gasteiger partial charge in [-0.15, -0.1) is 0 Å². The summed E-state index contributed by atoms with van der Waals surface area (Å²) in [6.07, 6.45) is 0. The van der Waals surface area contributed by atoms with Crippen LogP contribution in [0.4, 0.5) is 0 Å². The summed E-state index contributed by atoms with van der Waals surface area (Å²) >= 11 is 0. The Morgan fingerprint density at radius 2 is 0.860 bits per heavy atom. The molecule has 3 aromatic heterocycles. The summed E-state index contributed by atoms with van der Waals surface area (Å²) in [6.45, 7) is 0. The maximum Gasteiger partial charge on any atom is 0.166 e. The smallest absolute Gasteiger partial charge is 0.166 e. The Morgan fingerprint density at radius 3 is 1.56 bits per heavy atom. The second kappa shape index (κ2) is 8.34. The highest BCUT2D eigenvalue weighted by atomic mass is 15.0. The molecule has 0 aliphatic carbocycles. The van der Waals surface area contributed by atoms with Gasteiger partial charge in [-0.25, -0.2) is 15.0 Å². The summed E-state index contributed by atoms with van der Waals surface area (Å²) < 4.78 is 2.46. The van der Waals surface area contributed by atoms with E-state index in [0.29, 0.717) is 17.5 Å². The fourth-order valence-corrected chi connectivity index (χ4v) is 7.15. The molecule has 198 valence electrons. The minimum Gasteiger partial charge on any atom is -0.307 e. The third-order valence-electron chi connectivity index (χ3n) is 8.93. The summed E-state index contributed by atoms with van der Waals surface area (Å²) in [5.74, 6) is 2.00. The zero-order valence-electron chi connectivity index (χ0n) is 23.0. The number of fused-ring (bicyclic) bond motifs is 7. The van der Waals surface area contributed by atoms with Crippen LogP contribution >= 0.6 is 0 Å². The van der Waals surface area contributed by atoms with E-state index in [4.69, 9.17) is 15.0 Å². The van der Waals surface area contributed by atoms with Crippen LogP contribution in [0.3, 0.4) is 0 Å². The van der Waals surface area contributed by atoms with E-state index in [1.807, 2.05) is 36.4 Å². The Kier molecular flexibility index (Phi) is 4.42. The molecule has 0 radical (unpaired) electrons. The number of aromatic nitrogens is 4. The van der Waals surface area contributed by atoms with Gasteiger partial charge in [0.2, 0.25) is 0 Å². The number of rotatable bonds is 3. The molecule has 10 aromatic rings. The zero-order chi connectivity index (χ0) is 28.1. The Hall–Kier alpha value is -5.87. The molecule has 0 spiro atoms. The molecule has 4 heteroatoms. The number of hydrogen-bond acceptors (Lipinski definition) is 3. The SMILES string of the molecule is c1ccc(-c2nc(-c3ccccc3)nc(-c3cccc4c5ccc6c7ccccc7c7cccc8c7c6c5n8c34)n2)cc1. The third kappa shape index (κ3) is 3.02. The first-order chi connectivity index (χ1) is 21.3. The van der Waals surface area contributed by atoms with Crippen LogP contribution in [0, 0.1) is 0 Å². The normalized spacial score (nSPS) is 12.2. The summed E-state index contributed by atoms with van der Waals surface area (Å²) in [7, 11) is 0. The van der Waals surface area contributed by atoms with Crippen molar-refractivity contribution in [3.63, 3.8) is 0 Å². The molecule has 0 bridgehead atoms. The van der Waals surface area contributed by atoms with Crippen LogP contribution in [-0.2, 0) is 0 Å². The van der Waals surface area contributed by atoms with Gasteiger partial charge >= 0.3 is 0 Å². The molecule has 0 N–H and O–H groups in total. The van der Waals surface area contributed by atoms with E-state index < -0.39 is 0 Å². The summed E-state index contributed by atoms with van der Waals surface area (Å²) in [6, 6.07) is 46.9. The van der Waals surface area contributed by atoms with Gasteiger partial charge in [0.25, 0.3) is 0 Å². The van der Waals surface area contributed by atoms with E-state index in [1.54, 1.807) is 0 Å². The quantitative estimate of drug-likeness (QED) is 0.207. The average Bonchev–Trinajstić information content (AvgIpc) is 3.61. The second-order valence-electron chi connectivity index (χ2n) is 11.2. The largest absolute Gasteiger partial charge is 0.307 e. The van der Waals surface area contributed by atoms with E-state index >= 15 is 0 Å². The zero-order valence-corrected chi connectivity index (χ0v) is 23.0. The van der Waals surface area contributed by atoms with E-state index in [0.717, 1.165) is 22.2 Å². The van der Waals surface area contributed by atoms with Crippen LogP contribution in [0.5, 0.6) is 0 Å². The lowest BCUT2D eigenvalue weighted by atomic mass is 9.93. The van der Waals surface area contributed by atoms with Crippen molar-refractivity contribution in [2.75, 3.05) is 0 Å². The van der Waals surface area contributed by atoms with Crippen molar-refractivity contribution in [1.29, 1.82) is 0 Å².